The number of hydrogen-bond acceptors (Lipinski definition) is 4. The molecule has 0 radical (unpaired) electrons. The van der Waals surface area contributed by atoms with Crippen LogP contribution in [0.15, 0.2) is 30.3 Å². The number of hydrogen-bond donors (Lipinski definition) is 2. The van der Waals surface area contributed by atoms with E-state index in [0.29, 0.717) is 6.42 Å². The topological polar surface area (TPSA) is 71.4 Å². The van der Waals surface area contributed by atoms with E-state index in [1.54, 1.807) is 20.8 Å². The molecule has 0 heterocycles. The van der Waals surface area contributed by atoms with Gasteiger partial charge in [-0.15, -0.1) is 0 Å². The minimum absolute atomic E-state index is 0.000266. The number of methoxy groups -OCH3 is 1. The van der Waals surface area contributed by atoms with E-state index in [9.17, 15) is 4.79 Å². The molecule has 0 saturated carbocycles. The fraction of sp³-hybridized carbons (Fsp3) is 0.467. The number of rotatable bonds is 4. The van der Waals surface area contributed by atoms with Crippen LogP contribution in [0.1, 0.15) is 26.3 Å². The molecule has 0 saturated heterocycles. The zero-order valence-corrected chi connectivity index (χ0v) is 12.4. The lowest BCUT2D eigenvalue weighted by atomic mass is 10.1. The Morgan fingerprint density at radius 3 is 2.40 bits per heavy atom. The van der Waals surface area contributed by atoms with E-state index in [4.69, 9.17) is 14.9 Å². The van der Waals surface area contributed by atoms with Gasteiger partial charge in [0.25, 0.3) is 0 Å². The van der Waals surface area contributed by atoms with Gasteiger partial charge in [-0.1, -0.05) is 30.3 Å². The smallest absolute Gasteiger partial charge is 0.408 e. The fourth-order valence-corrected chi connectivity index (χ4v) is 1.65. The minimum atomic E-state index is -0.573. The van der Waals surface area contributed by atoms with Gasteiger partial charge in [-0.25, -0.2) is 4.79 Å². The Labute approximate surface area is 119 Å². The number of carbonyl (C=O) groups excluding carboxylic acids is 1. The van der Waals surface area contributed by atoms with E-state index >= 15 is 0 Å². The molecule has 0 aliphatic heterocycles. The second-order valence-electron chi connectivity index (χ2n) is 5.46. The largest absolute Gasteiger partial charge is 0.483 e. The number of benzene rings is 1. The second kappa shape index (κ2) is 6.93. The van der Waals surface area contributed by atoms with E-state index in [1.165, 1.54) is 7.11 Å². The van der Waals surface area contributed by atoms with Crippen molar-refractivity contribution in [2.24, 2.45) is 0 Å². The van der Waals surface area contributed by atoms with Crippen molar-refractivity contribution in [3.8, 4) is 0 Å². The molecule has 20 heavy (non-hydrogen) atoms. The van der Waals surface area contributed by atoms with Crippen LogP contribution in [0.2, 0.25) is 0 Å². The second-order valence-corrected chi connectivity index (χ2v) is 5.46. The number of carbonyl (C=O) groups is 1. The van der Waals surface area contributed by atoms with Crippen molar-refractivity contribution >= 4 is 12.0 Å². The Morgan fingerprint density at radius 1 is 1.30 bits per heavy atom. The van der Waals surface area contributed by atoms with Crippen LogP contribution in [0.3, 0.4) is 0 Å². The van der Waals surface area contributed by atoms with Crippen LogP contribution in [0.25, 0.3) is 0 Å². The molecule has 110 valence electrons. The average Bonchev–Trinajstić information content (AvgIpc) is 2.36. The van der Waals surface area contributed by atoms with E-state index in [1.807, 2.05) is 30.3 Å². The highest BCUT2D eigenvalue weighted by Gasteiger charge is 2.23. The first-order valence-electron chi connectivity index (χ1n) is 6.47. The molecular weight excluding hydrogens is 256 g/mol. The molecule has 0 bridgehead atoms. The summed E-state index contributed by atoms with van der Waals surface area (Å²) in [5, 5.41) is 10.4. The third kappa shape index (κ3) is 5.73. The molecule has 1 amide bonds. The molecule has 0 fully saturated rings. The predicted molar refractivity (Wildman–Crippen MR) is 78.0 cm³/mol. The summed E-state index contributed by atoms with van der Waals surface area (Å²) >= 11 is 0. The molecule has 2 N–H and O–H groups in total. The number of amides is 1. The summed E-state index contributed by atoms with van der Waals surface area (Å²) in [5.74, 6) is -0.000266. The first-order chi connectivity index (χ1) is 9.31. The van der Waals surface area contributed by atoms with Gasteiger partial charge in [0.1, 0.15) is 11.6 Å². The Bertz CT molecular complexity index is 452. The van der Waals surface area contributed by atoms with Crippen molar-refractivity contribution < 1.29 is 14.3 Å². The Kier molecular flexibility index (Phi) is 5.55. The summed E-state index contributed by atoms with van der Waals surface area (Å²) < 4.78 is 10.1. The highest BCUT2D eigenvalue weighted by molar-refractivity contribution is 5.83. The highest BCUT2D eigenvalue weighted by atomic mass is 16.6. The van der Waals surface area contributed by atoms with E-state index in [0.717, 1.165) is 5.56 Å². The van der Waals surface area contributed by atoms with Gasteiger partial charge in [0.2, 0.25) is 5.90 Å². The van der Waals surface area contributed by atoms with Gasteiger partial charge in [0.05, 0.1) is 7.11 Å². The zero-order chi connectivity index (χ0) is 15.2. The normalized spacial score (nSPS) is 12.4. The lowest BCUT2D eigenvalue weighted by Gasteiger charge is -2.23. The Hall–Kier alpha value is -2.04. The molecule has 0 aliphatic carbocycles. The van der Waals surface area contributed by atoms with Crippen molar-refractivity contribution in [2.45, 2.75) is 38.8 Å². The molecule has 1 atom stereocenters. The molecule has 5 nitrogen and oxygen atoms in total. The number of alkyl carbamates (subject to hydrolysis) is 1. The number of nitrogens with one attached hydrogen (secondary N) is 2. The van der Waals surface area contributed by atoms with Crippen LogP contribution < -0.4 is 5.32 Å². The monoisotopic (exact) mass is 278 g/mol. The van der Waals surface area contributed by atoms with Crippen LogP contribution in [-0.4, -0.2) is 30.7 Å². The standard InChI is InChI=1S/C15H22N2O3/c1-15(2,3)20-14(18)17-12(13(16)19-4)10-11-8-6-5-7-9-11/h5-9,12,16H,10H2,1-4H3,(H,17,18)/t12-/m0/s1. The third-order valence-corrected chi connectivity index (χ3v) is 2.51. The summed E-state index contributed by atoms with van der Waals surface area (Å²) in [6.45, 7) is 5.38. The summed E-state index contributed by atoms with van der Waals surface area (Å²) in [4.78, 5) is 11.8. The van der Waals surface area contributed by atoms with Gasteiger partial charge in [-0.3, -0.25) is 5.41 Å². The molecule has 0 unspecified atom stereocenters. The van der Waals surface area contributed by atoms with Crippen LogP contribution >= 0.6 is 0 Å². The molecule has 1 rings (SSSR count). The lowest BCUT2D eigenvalue weighted by molar-refractivity contribution is 0.0513. The van der Waals surface area contributed by atoms with Crippen molar-refractivity contribution in [1.29, 1.82) is 5.41 Å². The summed E-state index contributed by atoms with van der Waals surface area (Å²) in [6, 6.07) is 9.07. The lowest BCUT2D eigenvalue weighted by Crippen LogP contribution is -2.45. The van der Waals surface area contributed by atoms with Gasteiger partial charge in [-0.2, -0.15) is 0 Å². The molecule has 1 aromatic rings. The summed E-state index contributed by atoms with van der Waals surface area (Å²) in [6.07, 6.45) is -0.0764. The SMILES string of the molecule is COC(=N)[C@H](Cc1ccccc1)NC(=O)OC(C)(C)C. The van der Waals surface area contributed by atoms with Crippen molar-refractivity contribution in [3.05, 3.63) is 35.9 Å². The Balaban J connectivity index is 2.70. The molecule has 0 aliphatic rings. The molecule has 5 heteroatoms. The van der Waals surface area contributed by atoms with E-state index < -0.39 is 17.7 Å². The van der Waals surface area contributed by atoms with Gasteiger partial charge < -0.3 is 14.8 Å². The zero-order valence-electron chi connectivity index (χ0n) is 12.4. The van der Waals surface area contributed by atoms with Gasteiger partial charge >= 0.3 is 6.09 Å². The van der Waals surface area contributed by atoms with Crippen LogP contribution in [0, 0.1) is 5.41 Å². The van der Waals surface area contributed by atoms with Crippen molar-refractivity contribution in [1.82, 2.24) is 5.32 Å². The van der Waals surface area contributed by atoms with Crippen LogP contribution in [-0.2, 0) is 15.9 Å². The maximum absolute atomic E-state index is 11.8. The molecule has 1 aromatic carbocycles. The summed E-state index contributed by atoms with van der Waals surface area (Å²) in [5.41, 5.74) is 0.437. The fourth-order valence-electron chi connectivity index (χ4n) is 1.65. The highest BCUT2D eigenvalue weighted by Crippen LogP contribution is 2.09. The number of ether oxygens (including phenoxy) is 2. The van der Waals surface area contributed by atoms with E-state index in [2.05, 4.69) is 5.32 Å². The van der Waals surface area contributed by atoms with Gasteiger partial charge in [0, 0.05) is 6.42 Å². The maximum Gasteiger partial charge on any atom is 0.408 e. The molecule has 0 aromatic heterocycles. The average molecular weight is 278 g/mol. The van der Waals surface area contributed by atoms with Crippen LogP contribution in [0.4, 0.5) is 4.79 Å². The van der Waals surface area contributed by atoms with Crippen molar-refractivity contribution in [3.63, 3.8) is 0 Å². The molecule has 0 spiro atoms. The Morgan fingerprint density at radius 2 is 1.90 bits per heavy atom. The van der Waals surface area contributed by atoms with E-state index in [-0.39, 0.29) is 5.90 Å². The quantitative estimate of drug-likeness (QED) is 0.657. The van der Waals surface area contributed by atoms with Gasteiger partial charge in [-0.05, 0) is 26.3 Å². The summed E-state index contributed by atoms with van der Waals surface area (Å²) in [7, 11) is 1.41. The minimum Gasteiger partial charge on any atom is -0.483 e. The first-order valence-corrected chi connectivity index (χ1v) is 6.47. The van der Waals surface area contributed by atoms with Gasteiger partial charge in [0.15, 0.2) is 0 Å². The third-order valence-electron chi connectivity index (χ3n) is 2.51. The van der Waals surface area contributed by atoms with Crippen molar-refractivity contribution in [2.75, 3.05) is 7.11 Å². The maximum atomic E-state index is 11.8. The predicted octanol–water partition coefficient (Wildman–Crippen LogP) is 2.75. The molecular formula is C15H22N2O3. The van der Waals surface area contributed by atoms with Crippen LogP contribution in [0.5, 0.6) is 0 Å². The first kappa shape index (κ1) is 16.0.